The molecule has 0 rings (SSSR count). The molecule has 0 aromatic heterocycles. The zero-order chi connectivity index (χ0) is 9.94. The molecule has 0 unspecified atom stereocenters. The Kier molecular flexibility index (Phi) is 10.0. The summed E-state index contributed by atoms with van der Waals surface area (Å²) in [7, 11) is 3.28. The van der Waals surface area contributed by atoms with Crippen LogP contribution in [0, 0.1) is 0 Å². The van der Waals surface area contributed by atoms with Gasteiger partial charge in [0.05, 0.1) is 0 Å². The van der Waals surface area contributed by atoms with E-state index < -0.39 is 0 Å². The van der Waals surface area contributed by atoms with E-state index in [1.165, 1.54) is 0 Å². The molecule has 0 bridgehead atoms. The minimum Gasteiger partial charge on any atom is -0.355 e. The fourth-order valence-corrected chi connectivity index (χ4v) is 1.42. The summed E-state index contributed by atoms with van der Waals surface area (Å²) in [5.41, 5.74) is 0. The number of rotatable bonds is 9. The van der Waals surface area contributed by atoms with Crippen LogP contribution < -0.4 is 5.32 Å². The fourth-order valence-electron chi connectivity index (χ4n) is 0.794. The zero-order valence-corrected chi connectivity index (χ0v) is 9.23. The molecule has 3 nitrogen and oxygen atoms in total. The van der Waals surface area contributed by atoms with E-state index in [4.69, 9.17) is 9.47 Å². The van der Waals surface area contributed by atoms with Gasteiger partial charge in [0.25, 0.3) is 0 Å². The van der Waals surface area contributed by atoms with Crippen molar-refractivity contribution in [3.8, 4) is 0 Å². The molecule has 0 atom stereocenters. The molecule has 0 fully saturated rings. The quantitative estimate of drug-likeness (QED) is 0.347. The Hall–Kier alpha value is -0.0300. The van der Waals surface area contributed by atoms with Gasteiger partial charge >= 0.3 is 0 Å². The number of thioether (sulfide) groups is 1. The summed E-state index contributed by atoms with van der Waals surface area (Å²) in [4.78, 5) is 0. The summed E-state index contributed by atoms with van der Waals surface area (Å²) >= 11 is 1.86. The van der Waals surface area contributed by atoms with E-state index in [9.17, 15) is 0 Å². The first-order valence-corrected chi connectivity index (χ1v) is 5.45. The van der Waals surface area contributed by atoms with Gasteiger partial charge in [-0.2, -0.15) is 11.8 Å². The van der Waals surface area contributed by atoms with Crippen LogP contribution in [0.3, 0.4) is 0 Å². The third-order valence-corrected chi connectivity index (χ3v) is 2.46. The topological polar surface area (TPSA) is 30.5 Å². The highest BCUT2D eigenvalue weighted by atomic mass is 32.2. The van der Waals surface area contributed by atoms with Gasteiger partial charge in [-0.05, 0) is 0 Å². The number of methoxy groups -OCH3 is 2. The molecule has 4 heteroatoms. The molecule has 0 saturated carbocycles. The molecule has 0 aromatic rings. The lowest BCUT2D eigenvalue weighted by molar-refractivity contribution is -0.0984. The average Bonchev–Trinajstić information content (AvgIpc) is 2.17. The molecule has 0 aliphatic carbocycles. The van der Waals surface area contributed by atoms with Gasteiger partial charge in [-0.1, -0.05) is 6.08 Å². The van der Waals surface area contributed by atoms with E-state index in [1.54, 1.807) is 14.2 Å². The number of nitrogens with one attached hydrogen (secondary N) is 1. The van der Waals surface area contributed by atoms with Crippen LogP contribution in [0.25, 0.3) is 0 Å². The Morgan fingerprint density at radius 1 is 1.46 bits per heavy atom. The van der Waals surface area contributed by atoms with E-state index in [-0.39, 0.29) is 6.29 Å². The minimum atomic E-state index is -0.135. The maximum atomic E-state index is 5.02. The molecule has 0 aromatic carbocycles. The number of hydrogen-bond donors (Lipinski definition) is 1. The summed E-state index contributed by atoms with van der Waals surface area (Å²) in [6.07, 6.45) is 1.78. The highest BCUT2D eigenvalue weighted by Crippen LogP contribution is 1.97. The summed E-state index contributed by atoms with van der Waals surface area (Å²) in [5.74, 6) is 2.10. The number of hydrogen-bond acceptors (Lipinski definition) is 4. The van der Waals surface area contributed by atoms with Crippen molar-refractivity contribution in [2.75, 3.05) is 38.8 Å². The van der Waals surface area contributed by atoms with Crippen molar-refractivity contribution >= 4 is 11.8 Å². The third-order valence-electron chi connectivity index (χ3n) is 1.50. The summed E-state index contributed by atoms with van der Waals surface area (Å²) < 4.78 is 10.0. The Morgan fingerprint density at radius 3 is 2.69 bits per heavy atom. The lowest BCUT2D eigenvalue weighted by Crippen LogP contribution is -2.31. The summed E-state index contributed by atoms with van der Waals surface area (Å²) in [6, 6.07) is 0. The fraction of sp³-hybridized carbons (Fsp3) is 0.778. The summed E-state index contributed by atoms with van der Waals surface area (Å²) in [5, 5.41) is 3.24. The predicted octanol–water partition coefficient (Wildman–Crippen LogP) is 1.11. The first kappa shape index (κ1) is 13.0. The highest BCUT2D eigenvalue weighted by molar-refractivity contribution is 7.99. The highest BCUT2D eigenvalue weighted by Gasteiger charge is 2.02. The number of ether oxygens (including phenoxy) is 2. The molecule has 0 heterocycles. The minimum absolute atomic E-state index is 0.135. The first-order valence-electron chi connectivity index (χ1n) is 4.30. The second kappa shape index (κ2) is 10.1. The first-order chi connectivity index (χ1) is 6.35. The smallest absolute Gasteiger partial charge is 0.169 e. The van der Waals surface area contributed by atoms with Gasteiger partial charge in [-0.25, -0.2) is 0 Å². The Labute approximate surface area is 84.9 Å². The third kappa shape index (κ3) is 8.30. The van der Waals surface area contributed by atoms with Crippen LogP contribution in [0.5, 0.6) is 0 Å². The monoisotopic (exact) mass is 205 g/mol. The van der Waals surface area contributed by atoms with Crippen LogP contribution >= 0.6 is 11.8 Å². The molecule has 1 N–H and O–H groups in total. The van der Waals surface area contributed by atoms with Crippen LogP contribution in [0.1, 0.15) is 0 Å². The van der Waals surface area contributed by atoms with Crippen molar-refractivity contribution < 1.29 is 9.47 Å². The standard InChI is InChI=1S/C9H19NO2S/c1-4-6-13-7-5-10-8-9(11-2)12-3/h4,9-10H,1,5-8H2,2-3H3. The van der Waals surface area contributed by atoms with Crippen LogP contribution in [0.4, 0.5) is 0 Å². The van der Waals surface area contributed by atoms with Crippen molar-refractivity contribution in [1.82, 2.24) is 5.32 Å². The molecule has 0 saturated heterocycles. The Morgan fingerprint density at radius 2 is 2.15 bits per heavy atom. The second-order valence-corrected chi connectivity index (χ2v) is 3.62. The maximum Gasteiger partial charge on any atom is 0.169 e. The Balaban J connectivity index is 3.09. The van der Waals surface area contributed by atoms with Gasteiger partial charge in [0.2, 0.25) is 0 Å². The lowest BCUT2D eigenvalue weighted by Gasteiger charge is -2.13. The van der Waals surface area contributed by atoms with Crippen LogP contribution in [-0.4, -0.2) is 45.1 Å². The molecule has 0 aliphatic heterocycles. The molecule has 0 spiro atoms. The van der Waals surface area contributed by atoms with Crippen molar-refractivity contribution in [2.45, 2.75) is 6.29 Å². The van der Waals surface area contributed by atoms with Gasteiger partial charge in [0.1, 0.15) is 0 Å². The van der Waals surface area contributed by atoms with E-state index in [0.29, 0.717) is 0 Å². The largest absolute Gasteiger partial charge is 0.355 e. The Bertz CT molecular complexity index is 118. The molecule has 0 amide bonds. The van der Waals surface area contributed by atoms with E-state index in [1.807, 2.05) is 17.8 Å². The van der Waals surface area contributed by atoms with E-state index in [0.717, 1.165) is 24.6 Å². The average molecular weight is 205 g/mol. The predicted molar refractivity (Wildman–Crippen MR) is 58.2 cm³/mol. The molecule has 0 radical (unpaired) electrons. The molecular formula is C9H19NO2S. The van der Waals surface area contributed by atoms with Gasteiger partial charge in [0.15, 0.2) is 6.29 Å². The van der Waals surface area contributed by atoms with Crippen molar-refractivity contribution in [1.29, 1.82) is 0 Å². The van der Waals surface area contributed by atoms with Crippen LogP contribution in [-0.2, 0) is 9.47 Å². The SMILES string of the molecule is C=CCSCCNCC(OC)OC. The van der Waals surface area contributed by atoms with Crippen molar-refractivity contribution in [2.24, 2.45) is 0 Å². The normalized spacial score (nSPS) is 10.7. The molecular weight excluding hydrogens is 186 g/mol. The van der Waals surface area contributed by atoms with Crippen LogP contribution in [0.15, 0.2) is 12.7 Å². The summed E-state index contributed by atoms with van der Waals surface area (Å²) in [6.45, 7) is 5.36. The zero-order valence-electron chi connectivity index (χ0n) is 8.41. The van der Waals surface area contributed by atoms with Gasteiger partial charge in [-0.15, -0.1) is 6.58 Å². The van der Waals surface area contributed by atoms with Crippen LogP contribution in [0.2, 0.25) is 0 Å². The molecule has 0 aliphatic rings. The van der Waals surface area contributed by atoms with Gasteiger partial charge in [-0.3, -0.25) is 0 Å². The maximum absolute atomic E-state index is 5.02. The van der Waals surface area contributed by atoms with E-state index in [2.05, 4.69) is 11.9 Å². The van der Waals surface area contributed by atoms with Crippen molar-refractivity contribution in [3.05, 3.63) is 12.7 Å². The lowest BCUT2D eigenvalue weighted by atomic mass is 10.6. The van der Waals surface area contributed by atoms with E-state index >= 15 is 0 Å². The van der Waals surface area contributed by atoms with Gasteiger partial charge < -0.3 is 14.8 Å². The van der Waals surface area contributed by atoms with Gasteiger partial charge in [0, 0.05) is 38.8 Å². The molecule has 13 heavy (non-hydrogen) atoms. The molecule has 78 valence electrons. The second-order valence-electron chi connectivity index (χ2n) is 2.47. The van der Waals surface area contributed by atoms with Crippen molar-refractivity contribution in [3.63, 3.8) is 0 Å².